The molecule has 29 heavy (non-hydrogen) atoms. The molecule has 9 heteroatoms. The number of carbonyl (C=O) groups excluding carboxylic acids is 3. The van der Waals surface area contributed by atoms with Gasteiger partial charge in [-0.1, -0.05) is 30.3 Å². The Balaban J connectivity index is 1.61. The number of ether oxygens (including phenoxy) is 1. The Labute approximate surface area is 173 Å². The van der Waals surface area contributed by atoms with E-state index < -0.39 is 5.97 Å². The first kappa shape index (κ1) is 20.9. The number of hydrogen-bond donors (Lipinski definition) is 2. The van der Waals surface area contributed by atoms with Crippen molar-refractivity contribution in [3.05, 3.63) is 47.2 Å². The number of esters is 1. The standard InChI is InChI=1S/C20H24N4O4S/c1-2-28-19(27)9-8-17(25)22-20-15-12-29-13-16(15)23-24(20)11-18(26)21-10-14-6-4-3-5-7-14/h3-7H,2,8-13H2,1H3,(H,21,26)(H,22,25). The third-order valence-corrected chi connectivity index (χ3v) is 5.33. The molecule has 8 nitrogen and oxygen atoms in total. The van der Waals surface area contributed by atoms with Crippen LogP contribution < -0.4 is 10.6 Å². The maximum absolute atomic E-state index is 12.4. The van der Waals surface area contributed by atoms with Crippen LogP contribution in [0.4, 0.5) is 5.82 Å². The molecule has 0 atom stereocenters. The lowest BCUT2D eigenvalue weighted by Gasteiger charge is -2.11. The van der Waals surface area contributed by atoms with Gasteiger partial charge in [-0.3, -0.25) is 14.4 Å². The first-order chi connectivity index (χ1) is 14.1. The first-order valence-corrected chi connectivity index (χ1v) is 10.6. The predicted molar refractivity (Wildman–Crippen MR) is 110 cm³/mol. The molecule has 0 aliphatic carbocycles. The summed E-state index contributed by atoms with van der Waals surface area (Å²) < 4.78 is 6.38. The van der Waals surface area contributed by atoms with Gasteiger partial charge in [-0.05, 0) is 12.5 Å². The van der Waals surface area contributed by atoms with Gasteiger partial charge in [-0.2, -0.15) is 16.9 Å². The van der Waals surface area contributed by atoms with Crippen molar-refractivity contribution in [2.45, 2.75) is 44.4 Å². The molecule has 1 aromatic heterocycles. The van der Waals surface area contributed by atoms with Crippen LogP contribution in [0.5, 0.6) is 0 Å². The van der Waals surface area contributed by atoms with Crippen molar-refractivity contribution in [1.29, 1.82) is 0 Å². The molecule has 2 N–H and O–H groups in total. The number of nitrogens with zero attached hydrogens (tertiary/aromatic N) is 2. The zero-order valence-electron chi connectivity index (χ0n) is 16.3. The van der Waals surface area contributed by atoms with E-state index >= 15 is 0 Å². The molecule has 0 fully saturated rings. The molecule has 0 spiro atoms. The highest BCUT2D eigenvalue weighted by molar-refractivity contribution is 7.98. The topological polar surface area (TPSA) is 102 Å². The maximum atomic E-state index is 12.4. The van der Waals surface area contributed by atoms with E-state index in [-0.39, 0.29) is 37.8 Å². The normalized spacial score (nSPS) is 12.3. The number of aromatic nitrogens is 2. The van der Waals surface area contributed by atoms with E-state index in [0.717, 1.165) is 28.3 Å². The van der Waals surface area contributed by atoms with Gasteiger partial charge in [-0.25, -0.2) is 4.68 Å². The SMILES string of the molecule is CCOC(=O)CCC(=O)Nc1c2c(nn1CC(=O)NCc1ccccc1)CSC2. The van der Waals surface area contributed by atoms with E-state index in [9.17, 15) is 14.4 Å². The molecule has 2 aromatic rings. The Morgan fingerprint density at radius 1 is 1.14 bits per heavy atom. The minimum atomic E-state index is -0.405. The van der Waals surface area contributed by atoms with Crippen LogP contribution in [0.3, 0.4) is 0 Å². The third-order valence-electron chi connectivity index (χ3n) is 4.36. The van der Waals surface area contributed by atoms with Gasteiger partial charge >= 0.3 is 5.97 Å². The number of carbonyl (C=O) groups is 3. The molecule has 1 aliphatic heterocycles. The van der Waals surface area contributed by atoms with Gasteiger partial charge in [-0.15, -0.1) is 0 Å². The van der Waals surface area contributed by atoms with Gasteiger partial charge in [0.05, 0.1) is 18.7 Å². The lowest BCUT2D eigenvalue weighted by molar-refractivity contribution is -0.144. The van der Waals surface area contributed by atoms with E-state index in [1.165, 1.54) is 4.68 Å². The summed E-state index contributed by atoms with van der Waals surface area (Å²) in [4.78, 5) is 36.1. The summed E-state index contributed by atoms with van der Waals surface area (Å²) in [6.07, 6.45) is 0.0362. The average Bonchev–Trinajstić information content (AvgIpc) is 3.29. The van der Waals surface area contributed by atoms with Crippen LogP contribution in [0.25, 0.3) is 0 Å². The second-order valence-corrected chi connectivity index (χ2v) is 7.53. The highest BCUT2D eigenvalue weighted by Crippen LogP contribution is 2.34. The predicted octanol–water partition coefficient (Wildman–Crippen LogP) is 2.23. The van der Waals surface area contributed by atoms with Crippen molar-refractivity contribution < 1.29 is 19.1 Å². The van der Waals surface area contributed by atoms with E-state index in [0.29, 0.717) is 12.4 Å². The highest BCUT2D eigenvalue weighted by Gasteiger charge is 2.25. The quantitative estimate of drug-likeness (QED) is 0.608. The number of hydrogen-bond acceptors (Lipinski definition) is 6. The van der Waals surface area contributed by atoms with Crippen LogP contribution in [0, 0.1) is 0 Å². The van der Waals surface area contributed by atoms with Crippen LogP contribution in [0.1, 0.15) is 36.6 Å². The second kappa shape index (κ2) is 10.1. The first-order valence-electron chi connectivity index (χ1n) is 9.49. The summed E-state index contributed by atoms with van der Waals surface area (Å²) in [5.74, 6) is 1.12. The van der Waals surface area contributed by atoms with Gasteiger partial charge in [0.15, 0.2) is 0 Å². The van der Waals surface area contributed by atoms with Crippen LogP contribution in [0.15, 0.2) is 30.3 Å². The molecule has 154 valence electrons. The molecule has 1 aromatic carbocycles. The Morgan fingerprint density at radius 2 is 1.93 bits per heavy atom. The summed E-state index contributed by atoms with van der Waals surface area (Å²) >= 11 is 1.71. The molecule has 0 saturated carbocycles. The number of fused-ring (bicyclic) bond motifs is 1. The molecule has 3 rings (SSSR count). The average molecular weight is 417 g/mol. The molecule has 2 amide bonds. The molecule has 0 bridgehead atoms. The zero-order valence-corrected chi connectivity index (χ0v) is 17.1. The van der Waals surface area contributed by atoms with Gasteiger partial charge in [0.1, 0.15) is 12.4 Å². The van der Waals surface area contributed by atoms with Crippen LogP contribution >= 0.6 is 11.8 Å². The second-order valence-electron chi connectivity index (χ2n) is 6.54. The van der Waals surface area contributed by atoms with Gasteiger partial charge < -0.3 is 15.4 Å². The fourth-order valence-electron chi connectivity index (χ4n) is 2.95. The molecular formula is C20H24N4O4S. The molecule has 0 radical (unpaired) electrons. The van der Waals surface area contributed by atoms with Crippen LogP contribution in [-0.2, 0) is 43.7 Å². The van der Waals surface area contributed by atoms with Gasteiger partial charge in [0, 0.05) is 30.0 Å². The lowest BCUT2D eigenvalue weighted by Crippen LogP contribution is -2.29. The Morgan fingerprint density at radius 3 is 2.69 bits per heavy atom. The molecular weight excluding hydrogens is 392 g/mol. The van der Waals surface area contributed by atoms with E-state index in [2.05, 4.69) is 15.7 Å². The maximum Gasteiger partial charge on any atom is 0.306 e. The smallest absolute Gasteiger partial charge is 0.306 e. The summed E-state index contributed by atoms with van der Waals surface area (Å²) in [5.41, 5.74) is 2.83. The van der Waals surface area contributed by atoms with Crippen LogP contribution in [0.2, 0.25) is 0 Å². The monoisotopic (exact) mass is 416 g/mol. The third kappa shape index (κ3) is 5.83. The minimum Gasteiger partial charge on any atom is -0.466 e. The molecule has 0 saturated heterocycles. The van der Waals surface area contributed by atoms with Gasteiger partial charge in [0.2, 0.25) is 11.8 Å². The Kier molecular flexibility index (Phi) is 7.29. The number of amides is 2. The summed E-state index contributed by atoms with van der Waals surface area (Å²) in [7, 11) is 0. The van der Waals surface area contributed by atoms with Crippen LogP contribution in [-0.4, -0.2) is 34.2 Å². The zero-order chi connectivity index (χ0) is 20.6. The van der Waals surface area contributed by atoms with E-state index in [1.54, 1.807) is 18.7 Å². The van der Waals surface area contributed by atoms with Crippen molar-refractivity contribution in [2.24, 2.45) is 0 Å². The number of anilines is 1. The van der Waals surface area contributed by atoms with E-state index in [4.69, 9.17) is 4.74 Å². The molecule has 1 aliphatic rings. The number of thioether (sulfide) groups is 1. The Bertz CT molecular complexity index is 882. The largest absolute Gasteiger partial charge is 0.466 e. The fraction of sp³-hybridized carbons (Fsp3) is 0.400. The number of nitrogens with one attached hydrogen (secondary N) is 2. The minimum absolute atomic E-state index is 0.0119. The summed E-state index contributed by atoms with van der Waals surface area (Å²) in [5, 5.41) is 10.2. The van der Waals surface area contributed by atoms with Crippen molar-refractivity contribution in [3.63, 3.8) is 0 Å². The lowest BCUT2D eigenvalue weighted by atomic mass is 10.2. The van der Waals surface area contributed by atoms with Crippen molar-refractivity contribution >= 4 is 35.4 Å². The van der Waals surface area contributed by atoms with Crippen molar-refractivity contribution in [2.75, 3.05) is 11.9 Å². The highest BCUT2D eigenvalue weighted by atomic mass is 32.2. The van der Waals surface area contributed by atoms with E-state index in [1.807, 2.05) is 30.3 Å². The molecule has 2 heterocycles. The van der Waals surface area contributed by atoms with Crippen molar-refractivity contribution in [1.82, 2.24) is 15.1 Å². The molecule has 0 unspecified atom stereocenters. The van der Waals surface area contributed by atoms with Gasteiger partial charge in [0.25, 0.3) is 0 Å². The van der Waals surface area contributed by atoms with Crippen molar-refractivity contribution in [3.8, 4) is 0 Å². The number of rotatable bonds is 9. The summed E-state index contributed by atoms with van der Waals surface area (Å²) in [6.45, 7) is 2.45. The number of benzene rings is 1. The summed E-state index contributed by atoms with van der Waals surface area (Å²) in [6, 6.07) is 9.64. The Hall–Kier alpha value is -2.81. The fourth-order valence-corrected chi connectivity index (χ4v) is 3.99.